The summed E-state index contributed by atoms with van der Waals surface area (Å²) in [6.45, 7) is 1.17. The van der Waals surface area contributed by atoms with Gasteiger partial charge in [0.25, 0.3) is 0 Å². The Bertz CT molecular complexity index is 427. The number of methoxy groups -OCH3 is 1. The summed E-state index contributed by atoms with van der Waals surface area (Å²) >= 11 is 0. The van der Waals surface area contributed by atoms with Gasteiger partial charge in [-0.25, -0.2) is 0 Å². The van der Waals surface area contributed by atoms with Crippen molar-refractivity contribution in [1.82, 2.24) is 0 Å². The van der Waals surface area contributed by atoms with Gasteiger partial charge in [-0.05, 0) is 19.1 Å². The van der Waals surface area contributed by atoms with Crippen LogP contribution in [0.5, 0.6) is 5.75 Å². The van der Waals surface area contributed by atoms with Crippen LogP contribution in [0, 0.1) is 0 Å². The SMILES string of the molecule is COc1c(N)cc(C(C)=O)cc1C(F)(F)F. The lowest BCUT2D eigenvalue weighted by molar-refractivity contribution is -0.138. The first-order chi connectivity index (χ1) is 7.27. The van der Waals surface area contributed by atoms with E-state index in [2.05, 4.69) is 4.74 Å². The quantitative estimate of drug-likeness (QED) is 0.630. The number of nitrogen functional groups attached to an aromatic ring is 1. The van der Waals surface area contributed by atoms with Crippen LogP contribution in [-0.4, -0.2) is 12.9 Å². The first-order valence-electron chi connectivity index (χ1n) is 4.33. The molecule has 1 aromatic carbocycles. The summed E-state index contributed by atoms with van der Waals surface area (Å²) in [6.07, 6.45) is -4.61. The molecule has 0 fully saturated rings. The second-order valence-electron chi connectivity index (χ2n) is 3.20. The van der Waals surface area contributed by atoms with E-state index >= 15 is 0 Å². The highest BCUT2D eigenvalue weighted by Crippen LogP contribution is 2.40. The second-order valence-corrected chi connectivity index (χ2v) is 3.20. The minimum atomic E-state index is -4.61. The highest BCUT2D eigenvalue weighted by molar-refractivity contribution is 5.95. The van der Waals surface area contributed by atoms with Crippen LogP contribution < -0.4 is 10.5 Å². The van der Waals surface area contributed by atoms with Gasteiger partial charge in [0, 0.05) is 5.56 Å². The molecule has 0 saturated carbocycles. The molecule has 1 aromatic rings. The standard InChI is InChI=1S/C10H10F3NO2/c1-5(15)6-3-7(10(11,12)13)9(16-2)8(14)4-6/h3-4H,14H2,1-2H3. The Kier molecular flexibility index (Phi) is 3.11. The molecule has 0 aliphatic rings. The third-order valence-electron chi connectivity index (χ3n) is 2.03. The van der Waals surface area contributed by atoms with Crippen molar-refractivity contribution < 1.29 is 22.7 Å². The van der Waals surface area contributed by atoms with Crippen molar-refractivity contribution in [1.29, 1.82) is 0 Å². The molecule has 0 amide bonds. The number of carbonyl (C=O) groups excluding carboxylic acids is 1. The average Bonchev–Trinajstić information content (AvgIpc) is 2.14. The van der Waals surface area contributed by atoms with Gasteiger partial charge in [-0.15, -0.1) is 0 Å². The van der Waals surface area contributed by atoms with Gasteiger partial charge in [-0.1, -0.05) is 0 Å². The molecule has 0 bridgehead atoms. The number of alkyl halides is 3. The Labute approximate surface area is 90.0 Å². The molecule has 0 radical (unpaired) electrons. The van der Waals surface area contributed by atoms with Crippen molar-refractivity contribution in [3.63, 3.8) is 0 Å². The Balaban J connectivity index is 3.49. The fourth-order valence-electron chi connectivity index (χ4n) is 1.29. The van der Waals surface area contributed by atoms with E-state index in [9.17, 15) is 18.0 Å². The van der Waals surface area contributed by atoms with Gasteiger partial charge in [-0.2, -0.15) is 13.2 Å². The summed E-state index contributed by atoms with van der Waals surface area (Å²) in [5.74, 6) is -0.947. The molecule has 0 heterocycles. The van der Waals surface area contributed by atoms with E-state index in [4.69, 9.17) is 5.73 Å². The van der Waals surface area contributed by atoms with Gasteiger partial charge >= 0.3 is 6.18 Å². The van der Waals surface area contributed by atoms with Crippen molar-refractivity contribution in [2.24, 2.45) is 0 Å². The molecular weight excluding hydrogens is 223 g/mol. The monoisotopic (exact) mass is 233 g/mol. The van der Waals surface area contributed by atoms with Crippen molar-refractivity contribution in [2.75, 3.05) is 12.8 Å². The van der Waals surface area contributed by atoms with Gasteiger partial charge in [0.05, 0.1) is 12.8 Å². The average molecular weight is 233 g/mol. The van der Waals surface area contributed by atoms with Gasteiger partial charge < -0.3 is 10.5 Å². The summed E-state index contributed by atoms with van der Waals surface area (Å²) in [7, 11) is 1.09. The molecule has 0 spiro atoms. The zero-order valence-corrected chi connectivity index (χ0v) is 8.68. The van der Waals surface area contributed by atoms with E-state index in [0.717, 1.165) is 19.2 Å². The number of ether oxygens (including phenoxy) is 1. The van der Waals surface area contributed by atoms with Crippen LogP contribution in [0.1, 0.15) is 22.8 Å². The van der Waals surface area contributed by atoms with E-state index in [1.54, 1.807) is 0 Å². The maximum atomic E-state index is 12.6. The second kappa shape index (κ2) is 4.03. The summed E-state index contributed by atoms with van der Waals surface area (Å²) in [6, 6.07) is 1.90. The number of ketones is 1. The largest absolute Gasteiger partial charge is 0.494 e. The van der Waals surface area contributed by atoms with Crippen LogP contribution in [0.2, 0.25) is 0 Å². The lowest BCUT2D eigenvalue weighted by atomic mass is 10.0. The van der Waals surface area contributed by atoms with Crippen molar-refractivity contribution in [3.8, 4) is 5.75 Å². The van der Waals surface area contributed by atoms with Gasteiger partial charge in [-0.3, -0.25) is 4.79 Å². The minimum absolute atomic E-state index is 0.0920. The number of halogens is 3. The molecule has 6 heteroatoms. The van der Waals surface area contributed by atoms with Crippen molar-refractivity contribution in [2.45, 2.75) is 13.1 Å². The number of hydrogen-bond acceptors (Lipinski definition) is 3. The number of anilines is 1. The van der Waals surface area contributed by atoms with Crippen molar-refractivity contribution in [3.05, 3.63) is 23.3 Å². The van der Waals surface area contributed by atoms with E-state index in [0.29, 0.717) is 0 Å². The van der Waals surface area contributed by atoms with Crippen LogP contribution in [0.25, 0.3) is 0 Å². The smallest absolute Gasteiger partial charge is 0.420 e. The van der Waals surface area contributed by atoms with Crippen molar-refractivity contribution >= 4 is 11.5 Å². The topological polar surface area (TPSA) is 52.3 Å². The summed E-state index contributed by atoms with van der Waals surface area (Å²) in [4.78, 5) is 11.0. The minimum Gasteiger partial charge on any atom is -0.494 e. The van der Waals surface area contributed by atoms with E-state index in [1.165, 1.54) is 6.92 Å². The van der Waals surface area contributed by atoms with Gasteiger partial charge in [0.2, 0.25) is 0 Å². The predicted octanol–water partition coefficient (Wildman–Crippen LogP) is 2.50. The molecule has 0 saturated heterocycles. The fourth-order valence-corrected chi connectivity index (χ4v) is 1.29. The van der Waals surface area contributed by atoms with Crippen LogP contribution in [0.3, 0.4) is 0 Å². The van der Waals surface area contributed by atoms with Crippen LogP contribution >= 0.6 is 0 Å². The number of carbonyl (C=O) groups is 1. The molecule has 16 heavy (non-hydrogen) atoms. The maximum Gasteiger partial charge on any atom is 0.420 e. The molecule has 1 rings (SSSR count). The third-order valence-corrected chi connectivity index (χ3v) is 2.03. The number of hydrogen-bond donors (Lipinski definition) is 1. The fraction of sp³-hybridized carbons (Fsp3) is 0.300. The third kappa shape index (κ3) is 2.26. The van der Waals surface area contributed by atoms with Crippen LogP contribution in [0.4, 0.5) is 18.9 Å². The Morgan fingerprint density at radius 2 is 1.94 bits per heavy atom. The highest BCUT2D eigenvalue weighted by atomic mass is 19.4. The first-order valence-corrected chi connectivity index (χ1v) is 4.33. The number of Topliss-reactive ketones (excluding diaryl/α,β-unsaturated/α-hetero) is 1. The number of rotatable bonds is 2. The molecule has 0 aromatic heterocycles. The summed E-state index contributed by atoms with van der Waals surface area (Å²) < 4.78 is 42.4. The summed E-state index contributed by atoms with van der Waals surface area (Å²) in [5.41, 5.74) is 4.05. The molecule has 0 aliphatic heterocycles. The molecule has 0 aliphatic carbocycles. The lowest BCUT2D eigenvalue weighted by Crippen LogP contribution is -2.11. The normalized spacial score (nSPS) is 11.3. The lowest BCUT2D eigenvalue weighted by Gasteiger charge is -2.14. The van der Waals surface area contributed by atoms with Crippen LogP contribution in [-0.2, 0) is 6.18 Å². The Morgan fingerprint density at radius 3 is 2.31 bits per heavy atom. The predicted molar refractivity (Wildman–Crippen MR) is 52.4 cm³/mol. The zero-order chi connectivity index (χ0) is 12.5. The van der Waals surface area contributed by atoms with Gasteiger partial charge in [0.1, 0.15) is 5.56 Å². The van der Waals surface area contributed by atoms with Crippen LogP contribution in [0.15, 0.2) is 12.1 Å². The molecular formula is C10H10F3NO2. The van der Waals surface area contributed by atoms with E-state index in [1.807, 2.05) is 0 Å². The molecule has 0 atom stereocenters. The number of nitrogens with two attached hydrogens (primary N) is 1. The van der Waals surface area contributed by atoms with E-state index < -0.39 is 23.3 Å². The Hall–Kier alpha value is -1.72. The summed E-state index contributed by atoms with van der Waals surface area (Å²) in [5, 5.41) is 0. The highest BCUT2D eigenvalue weighted by Gasteiger charge is 2.36. The first kappa shape index (κ1) is 12.4. The van der Waals surface area contributed by atoms with E-state index in [-0.39, 0.29) is 11.3 Å². The van der Waals surface area contributed by atoms with Gasteiger partial charge in [0.15, 0.2) is 11.5 Å². The Morgan fingerprint density at radius 1 is 1.38 bits per heavy atom. The number of benzene rings is 1. The zero-order valence-electron chi connectivity index (χ0n) is 8.68. The molecule has 3 nitrogen and oxygen atoms in total. The maximum absolute atomic E-state index is 12.6. The molecule has 2 N–H and O–H groups in total. The molecule has 88 valence electrons. The molecule has 0 unspecified atom stereocenters.